The molecule has 3 aromatic rings. The van der Waals surface area contributed by atoms with Crippen LogP contribution < -0.4 is 4.74 Å². The summed E-state index contributed by atoms with van der Waals surface area (Å²) in [4.78, 5) is 17.8. The highest BCUT2D eigenvalue weighted by atomic mass is 16.5. The minimum atomic E-state index is -0.364. The molecule has 5 nitrogen and oxygen atoms in total. The summed E-state index contributed by atoms with van der Waals surface area (Å²) in [6.07, 6.45) is 2.55. The first kappa shape index (κ1) is 20.5. The normalized spacial score (nSPS) is 11.8. The molecule has 0 fully saturated rings. The molecule has 29 heavy (non-hydrogen) atoms. The van der Waals surface area contributed by atoms with Crippen molar-refractivity contribution in [2.75, 3.05) is 14.2 Å². The zero-order valence-electron chi connectivity index (χ0n) is 17.2. The van der Waals surface area contributed by atoms with Gasteiger partial charge in [0, 0.05) is 30.1 Å². The van der Waals surface area contributed by atoms with Crippen LogP contribution in [0.5, 0.6) is 5.75 Å². The second-order valence-electron chi connectivity index (χ2n) is 7.19. The monoisotopic (exact) mass is 389 g/mol. The maximum atomic E-state index is 12.7. The van der Waals surface area contributed by atoms with E-state index in [1.807, 2.05) is 49.4 Å². The van der Waals surface area contributed by atoms with Gasteiger partial charge in [0.25, 0.3) is 0 Å². The van der Waals surface area contributed by atoms with Crippen molar-refractivity contribution in [1.29, 1.82) is 5.26 Å². The molecule has 0 saturated heterocycles. The maximum absolute atomic E-state index is 12.7. The third kappa shape index (κ3) is 4.43. The van der Waals surface area contributed by atoms with Crippen molar-refractivity contribution in [3.63, 3.8) is 0 Å². The largest absolute Gasteiger partial charge is 0.497 e. The quantitative estimate of drug-likeness (QED) is 0.594. The van der Waals surface area contributed by atoms with E-state index in [1.165, 1.54) is 0 Å². The summed E-state index contributed by atoms with van der Waals surface area (Å²) in [5, 5.41) is 10.5. The number of hydrogen-bond donors (Lipinski definition) is 1. The molecule has 0 spiro atoms. The molecule has 0 aliphatic rings. The lowest BCUT2D eigenvalue weighted by Gasteiger charge is -2.22. The zero-order valence-corrected chi connectivity index (χ0v) is 17.2. The second kappa shape index (κ2) is 9.29. The number of H-pyrrole nitrogens is 1. The first-order valence-electron chi connectivity index (χ1n) is 9.98. The molecule has 5 heteroatoms. The second-order valence-corrected chi connectivity index (χ2v) is 7.19. The smallest absolute Gasteiger partial charge is 0.223 e. The first-order valence-corrected chi connectivity index (χ1v) is 9.98. The summed E-state index contributed by atoms with van der Waals surface area (Å²) in [6.45, 7) is 2.02. The van der Waals surface area contributed by atoms with Gasteiger partial charge in [0.1, 0.15) is 11.8 Å². The average molecular weight is 389 g/mol. The fourth-order valence-electron chi connectivity index (χ4n) is 3.66. The number of benzene rings is 2. The summed E-state index contributed by atoms with van der Waals surface area (Å²) in [7, 11) is 3.38. The predicted molar refractivity (Wildman–Crippen MR) is 116 cm³/mol. The van der Waals surface area contributed by atoms with E-state index in [9.17, 15) is 10.1 Å². The fourth-order valence-corrected chi connectivity index (χ4v) is 3.66. The molecule has 1 aromatic heterocycles. The summed E-state index contributed by atoms with van der Waals surface area (Å²) in [6, 6.07) is 17.9. The van der Waals surface area contributed by atoms with Crippen molar-refractivity contribution in [1.82, 2.24) is 9.88 Å². The number of nitriles is 1. The first-order chi connectivity index (χ1) is 14.1. The van der Waals surface area contributed by atoms with Crippen LogP contribution in [0.1, 0.15) is 31.7 Å². The van der Waals surface area contributed by atoms with Crippen molar-refractivity contribution in [3.05, 3.63) is 54.1 Å². The molecule has 0 saturated carbocycles. The van der Waals surface area contributed by atoms with Gasteiger partial charge in [-0.3, -0.25) is 4.79 Å². The number of aryl methyl sites for hydroxylation is 1. The highest BCUT2D eigenvalue weighted by molar-refractivity contribution is 5.91. The van der Waals surface area contributed by atoms with Crippen LogP contribution in [-0.2, 0) is 11.2 Å². The Morgan fingerprint density at radius 3 is 2.59 bits per heavy atom. The number of para-hydroxylation sites is 1. The Morgan fingerprint density at radius 2 is 1.93 bits per heavy atom. The lowest BCUT2D eigenvalue weighted by molar-refractivity contribution is -0.131. The Bertz CT molecular complexity index is 1010. The number of nitrogens with zero attached hydrogens (tertiary/aromatic N) is 2. The summed E-state index contributed by atoms with van der Waals surface area (Å²) in [5.74, 6) is 0.803. The number of aromatic nitrogens is 1. The number of hydrogen-bond acceptors (Lipinski definition) is 3. The molecule has 0 aliphatic carbocycles. The summed E-state index contributed by atoms with van der Waals surface area (Å²) < 4.78 is 5.27. The number of amides is 1. The molecule has 3 rings (SSSR count). The van der Waals surface area contributed by atoms with Gasteiger partial charge < -0.3 is 14.6 Å². The van der Waals surface area contributed by atoms with E-state index in [2.05, 4.69) is 17.1 Å². The van der Waals surface area contributed by atoms with Crippen LogP contribution in [0.15, 0.2) is 48.5 Å². The molecule has 1 atom stereocenters. The van der Waals surface area contributed by atoms with Gasteiger partial charge in [0.2, 0.25) is 5.91 Å². The number of ether oxygens (including phenoxy) is 1. The number of methoxy groups -OCH3 is 1. The van der Waals surface area contributed by atoms with E-state index < -0.39 is 0 Å². The van der Waals surface area contributed by atoms with Gasteiger partial charge in [-0.2, -0.15) is 5.26 Å². The number of nitrogens with one attached hydrogen (secondary N) is 1. The van der Waals surface area contributed by atoms with Gasteiger partial charge in [0.05, 0.1) is 13.2 Å². The van der Waals surface area contributed by atoms with Gasteiger partial charge in [-0.15, -0.1) is 0 Å². The highest BCUT2D eigenvalue weighted by Gasteiger charge is 2.20. The molecule has 0 bridgehead atoms. The summed E-state index contributed by atoms with van der Waals surface area (Å²) in [5.41, 5.74) is 4.25. The van der Waals surface area contributed by atoms with Crippen LogP contribution in [0.2, 0.25) is 0 Å². The van der Waals surface area contributed by atoms with Gasteiger partial charge >= 0.3 is 0 Å². The Labute approximate surface area is 171 Å². The SMILES string of the molecule is CCC[C@H](C#N)N(C)C(=O)CCc1c(-c2ccc(OC)cc2)[nH]c2ccccc12. The van der Waals surface area contributed by atoms with Crippen LogP contribution in [0.4, 0.5) is 0 Å². The number of aromatic amines is 1. The van der Waals surface area contributed by atoms with Crippen molar-refractivity contribution < 1.29 is 9.53 Å². The van der Waals surface area contributed by atoms with Gasteiger partial charge in [-0.1, -0.05) is 31.5 Å². The number of carbonyl (C=O) groups is 1. The molecular weight excluding hydrogens is 362 g/mol. The van der Waals surface area contributed by atoms with Crippen LogP contribution in [-0.4, -0.2) is 36.0 Å². The van der Waals surface area contributed by atoms with Crippen LogP contribution >= 0.6 is 0 Å². The molecule has 0 aliphatic heterocycles. The topological polar surface area (TPSA) is 69.1 Å². The molecule has 150 valence electrons. The third-order valence-corrected chi connectivity index (χ3v) is 5.35. The minimum absolute atomic E-state index is 0.00374. The lowest BCUT2D eigenvalue weighted by Crippen LogP contribution is -2.36. The van der Waals surface area contributed by atoms with E-state index in [4.69, 9.17) is 4.74 Å². The van der Waals surface area contributed by atoms with Crippen molar-refractivity contribution in [3.8, 4) is 23.1 Å². The zero-order chi connectivity index (χ0) is 20.8. The van der Waals surface area contributed by atoms with Crippen molar-refractivity contribution in [2.45, 2.75) is 38.6 Å². The minimum Gasteiger partial charge on any atom is -0.497 e. The molecule has 1 amide bonds. The molecule has 0 radical (unpaired) electrons. The Kier molecular flexibility index (Phi) is 6.56. The van der Waals surface area contributed by atoms with E-state index >= 15 is 0 Å². The fraction of sp³-hybridized carbons (Fsp3) is 0.333. The summed E-state index contributed by atoms with van der Waals surface area (Å²) >= 11 is 0. The molecule has 0 unspecified atom stereocenters. The van der Waals surface area contributed by atoms with E-state index in [-0.39, 0.29) is 11.9 Å². The number of fused-ring (bicyclic) bond motifs is 1. The van der Waals surface area contributed by atoms with Gasteiger partial charge in [-0.25, -0.2) is 0 Å². The van der Waals surface area contributed by atoms with Gasteiger partial charge in [0.15, 0.2) is 0 Å². The van der Waals surface area contributed by atoms with Crippen LogP contribution in [0, 0.1) is 11.3 Å². The third-order valence-electron chi connectivity index (χ3n) is 5.35. The highest BCUT2D eigenvalue weighted by Crippen LogP contribution is 2.32. The lowest BCUT2D eigenvalue weighted by atomic mass is 10.0. The molecule has 1 N–H and O–H groups in total. The molecule has 1 heterocycles. The Morgan fingerprint density at radius 1 is 1.21 bits per heavy atom. The van der Waals surface area contributed by atoms with Crippen molar-refractivity contribution in [2.24, 2.45) is 0 Å². The van der Waals surface area contributed by atoms with Crippen LogP contribution in [0.3, 0.4) is 0 Å². The molecular formula is C24H27N3O2. The Balaban J connectivity index is 1.88. The van der Waals surface area contributed by atoms with E-state index in [1.54, 1.807) is 19.1 Å². The average Bonchev–Trinajstić information content (AvgIpc) is 3.14. The van der Waals surface area contributed by atoms with E-state index in [0.717, 1.165) is 39.9 Å². The van der Waals surface area contributed by atoms with E-state index in [0.29, 0.717) is 19.3 Å². The number of carbonyl (C=O) groups excluding carboxylic acids is 1. The van der Waals surface area contributed by atoms with Crippen molar-refractivity contribution >= 4 is 16.8 Å². The molecule has 2 aromatic carbocycles. The van der Waals surface area contributed by atoms with Crippen LogP contribution in [0.25, 0.3) is 22.2 Å². The predicted octanol–water partition coefficient (Wildman–Crippen LogP) is 4.93. The maximum Gasteiger partial charge on any atom is 0.223 e. The van der Waals surface area contributed by atoms with Gasteiger partial charge in [-0.05, 0) is 54.3 Å². The standard InChI is InChI=1S/C24H27N3O2/c1-4-7-18(16-25)27(2)23(28)15-14-21-20-8-5-6-9-22(20)26-24(21)17-10-12-19(29-3)13-11-17/h5-6,8-13,18,26H,4,7,14-15H2,1-3H3/t18-/m1/s1. The Hall–Kier alpha value is -3.26. The number of rotatable bonds is 8.